The third-order valence-electron chi connectivity index (χ3n) is 4.10. The van der Waals surface area contributed by atoms with E-state index in [9.17, 15) is 9.59 Å². The van der Waals surface area contributed by atoms with E-state index < -0.39 is 5.97 Å². The highest BCUT2D eigenvalue weighted by Gasteiger charge is 2.23. The van der Waals surface area contributed by atoms with Gasteiger partial charge < -0.3 is 14.5 Å². The van der Waals surface area contributed by atoms with Gasteiger partial charge in [-0.2, -0.15) is 0 Å². The van der Waals surface area contributed by atoms with E-state index in [0.29, 0.717) is 22.1 Å². The summed E-state index contributed by atoms with van der Waals surface area (Å²) in [6.07, 6.45) is 0. The van der Waals surface area contributed by atoms with Crippen LogP contribution < -0.4 is 5.32 Å². The van der Waals surface area contributed by atoms with Gasteiger partial charge in [-0.1, -0.05) is 18.2 Å². The minimum absolute atomic E-state index is 0.210. The van der Waals surface area contributed by atoms with Crippen LogP contribution in [0.25, 0.3) is 0 Å². The number of carbonyl (C=O) groups excluding carboxylic acids is 2. The molecule has 2 aromatic heterocycles. The average molecular weight is 416 g/mol. The van der Waals surface area contributed by atoms with Gasteiger partial charge in [-0.15, -0.1) is 23.1 Å². The fourth-order valence-electron chi connectivity index (χ4n) is 2.58. The number of thioether (sulfide) groups is 1. The topological polar surface area (TPSA) is 68.5 Å². The van der Waals surface area contributed by atoms with Crippen molar-refractivity contribution in [3.63, 3.8) is 0 Å². The molecule has 7 heteroatoms. The van der Waals surface area contributed by atoms with Gasteiger partial charge >= 0.3 is 5.97 Å². The van der Waals surface area contributed by atoms with Crippen LogP contribution in [-0.2, 0) is 10.5 Å². The summed E-state index contributed by atoms with van der Waals surface area (Å²) in [5.41, 5.74) is 1.22. The first-order valence-corrected chi connectivity index (χ1v) is 10.6. The molecule has 2 heterocycles. The maximum Gasteiger partial charge on any atom is 0.341 e. The molecule has 0 unspecified atom stereocenters. The molecule has 3 rings (SSSR count). The zero-order valence-corrected chi connectivity index (χ0v) is 17.5. The number of amides is 1. The molecule has 0 spiro atoms. The minimum Gasteiger partial charge on any atom is -0.462 e. The summed E-state index contributed by atoms with van der Waals surface area (Å²) in [5.74, 6) is 0.731. The van der Waals surface area contributed by atoms with Gasteiger partial charge in [-0.3, -0.25) is 4.79 Å². The van der Waals surface area contributed by atoms with Gasteiger partial charge in [0.1, 0.15) is 10.8 Å². The fraction of sp³-hybridized carbons (Fsp3) is 0.238. The summed E-state index contributed by atoms with van der Waals surface area (Å²) < 4.78 is 10.8. The number of nitrogens with one attached hydrogen (secondary N) is 1. The Hall–Kier alpha value is -2.51. The van der Waals surface area contributed by atoms with Crippen LogP contribution in [0, 0.1) is 13.8 Å². The van der Waals surface area contributed by atoms with Crippen molar-refractivity contribution in [3.8, 4) is 0 Å². The molecule has 0 aliphatic carbocycles. The molecule has 0 radical (unpaired) electrons. The zero-order chi connectivity index (χ0) is 20.1. The Balaban J connectivity index is 1.70. The zero-order valence-electron chi connectivity index (χ0n) is 15.9. The van der Waals surface area contributed by atoms with Crippen LogP contribution in [0.1, 0.15) is 44.0 Å². The molecule has 1 aromatic carbocycles. The first-order chi connectivity index (χ1) is 13.5. The number of carbonyl (C=O) groups is 2. The predicted molar refractivity (Wildman–Crippen MR) is 112 cm³/mol. The highest BCUT2D eigenvalue weighted by molar-refractivity contribution is 7.98. The molecule has 0 saturated carbocycles. The summed E-state index contributed by atoms with van der Waals surface area (Å²) in [4.78, 5) is 26.9. The number of esters is 1. The maximum atomic E-state index is 12.6. The first-order valence-electron chi connectivity index (χ1n) is 8.84. The quantitative estimate of drug-likeness (QED) is 0.397. The Morgan fingerprint density at radius 3 is 2.61 bits per heavy atom. The molecular formula is C21H21NO4S2. The van der Waals surface area contributed by atoms with Gasteiger partial charge in [0, 0.05) is 9.77 Å². The van der Waals surface area contributed by atoms with Crippen molar-refractivity contribution in [1.82, 2.24) is 0 Å². The number of thiophene rings is 1. The second kappa shape index (κ2) is 9.12. The Kier molecular flexibility index (Phi) is 6.59. The molecule has 3 aromatic rings. The van der Waals surface area contributed by atoms with Crippen molar-refractivity contribution < 1.29 is 18.7 Å². The number of anilines is 1. The average Bonchev–Trinajstić information content (AvgIpc) is 3.26. The van der Waals surface area contributed by atoms with E-state index in [-0.39, 0.29) is 18.3 Å². The molecule has 0 atom stereocenters. The second-order valence-corrected chi connectivity index (χ2v) is 8.30. The Morgan fingerprint density at radius 2 is 1.89 bits per heavy atom. The largest absolute Gasteiger partial charge is 0.462 e. The molecule has 28 heavy (non-hydrogen) atoms. The fourth-order valence-corrected chi connectivity index (χ4v) is 4.43. The van der Waals surface area contributed by atoms with Gasteiger partial charge in [0.05, 0.1) is 17.9 Å². The lowest BCUT2D eigenvalue weighted by Gasteiger charge is -2.06. The van der Waals surface area contributed by atoms with Crippen LogP contribution in [0.3, 0.4) is 0 Å². The summed E-state index contributed by atoms with van der Waals surface area (Å²) in [7, 11) is 0. The Morgan fingerprint density at radius 1 is 1.14 bits per heavy atom. The highest BCUT2D eigenvalue weighted by atomic mass is 32.2. The molecule has 5 nitrogen and oxygen atoms in total. The van der Waals surface area contributed by atoms with Gasteiger partial charge in [0.15, 0.2) is 5.76 Å². The summed E-state index contributed by atoms with van der Waals surface area (Å²) in [6, 6.07) is 13.4. The second-order valence-electron chi connectivity index (χ2n) is 6.03. The number of aryl methyl sites for hydroxylation is 1. The number of hydrogen-bond acceptors (Lipinski definition) is 6. The molecule has 146 valence electrons. The summed E-state index contributed by atoms with van der Waals surface area (Å²) in [5, 5.41) is 3.27. The SMILES string of the molecule is CCOC(=O)c1c(NC(=O)c2ccc(CSc3ccccc3)o2)sc(C)c1C. The van der Waals surface area contributed by atoms with Crippen LogP contribution in [0.4, 0.5) is 5.00 Å². The molecule has 0 aliphatic heterocycles. The molecule has 0 bridgehead atoms. The third-order valence-corrected chi connectivity index (χ3v) is 6.26. The summed E-state index contributed by atoms with van der Waals surface area (Å²) >= 11 is 2.99. The van der Waals surface area contributed by atoms with E-state index >= 15 is 0 Å². The van der Waals surface area contributed by atoms with E-state index in [1.807, 2.05) is 44.2 Å². The molecule has 0 aliphatic rings. The lowest BCUT2D eigenvalue weighted by atomic mass is 10.1. The van der Waals surface area contributed by atoms with Crippen molar-refractivity contribution in [2.45, 2.75) is 31.4 Å². The smallest absolute Gasteiger partial charge is 0.341 e. The highest BCUT2D eigenvalue weighted by Crippen LogP contribution is 2.33. The van der Waals surface area contributed by atoms with Crippen LogP contribution >= 0.6 is 23.1 Å². The monoisotopic (exact) mass is 415 g/mol. The van der Waals surface area contributed by atoms with E-state index in [1.54, 1.807) is 30.8 Å². The van der Waals surface area contributed by atoms with E-state index in [1.165, 1.54) is 11.3 Å². The number of hydrogen-bond donors (Lipinski definition) is 1. The molecule has 1 amide bonds. The summed E-state index contributed by atoms with van der Waals surface area (Å²) in [6.45, 7) is 5.79. The van der Waals surface area contributed by atoms with Gasteiger partial charge in [-0.25, -0.2) is 4.79 Å². The predicted octanol–water partition coefficient (Wildman–Crippen LogP) is 5.68. The Labute approximate surface area is 172 Å². The number of rotatable bonds is 7. The van der Waals surface area contributed by atoms with Crippen LogP contribution in [-0.4, -0.2) is 18.5 Å². The van der Waals surface area contributed by atoms with Crippen molar-refractivity contribution in [1.29, 1.82) is 0 Å². The molecular weight excluding hydrogens is 394 g/mol. The van der Waals surface area contributed by atoms with E-state index in [4.69, 9.17) is 9.15 Å². The number of ether oxygens (including phenoxy) is 1. The van der Waals surface area contributed by atoms with Crippen molar-refractivity contribution in [2.24, 2.45) is 0 Å². The van der Waals surface area contributed by atoms with Crippen molar-refractivity contribution in [3.05, 3.63) is 70.0 Å². The molecule has 0 fully saturated rings. The third kappa shape index (κ3) is 4.66. The number of furan rings is 1. The van der Waals surface area contributed by atoms with Crippen molar-refractivity contribution in [2.75, 3.05) is 11.9 Å². The maximum absolute atomic E-state index is 12.6. The lowest BCUT2D eigenvalue weighted by Crippen LogP contribution is -2.14. The van der Waals surface area contributed by atoms with Crippen LogP contribution in [0.15, 0.2) is 51.8 Å². The van der Waals surface area contributed by atoms with Crippen LogP contribution in [0.5, 0.6) is 0 Å². The molecule has 0 saturated heterocycles. The van der Waals surface area contributed by atoms with Crippen molar-refractivity contribution >= 4 is 40.0 Å². The lowest BCUT2D eigenvalue weighted by molar-refractivity contribution is 0.0527. The standard InChI is InChI=1S/C21H21NO4S2/c1-4-25-21(24)18-13(2)14(3)28-20(18)22-19(23)17-11-10-15(26-17)12-27-16-8-6-5-7-9-16/h5-11H,4,12H2,1-3H3,(H,22,23). The molecule has 1 N–H and O–H groups in total. The van der Waals surface area contributed by atoms with E-state index in [2.05, 4.69) is 5.32 Å². The van der Waals surface area contributed by atoms with E-state index in [0.717, 1.165) is 15.3 Å². The first kappa shape index (κ1) is 20.2. The van der Waals surface area contributed by atoms with Gasteiger partial charge in [0.2, 0.25) is 0 Å². The number of benzene rings is 1. The minimum atomic E-state index is -0.431. The van der Waals surface area contributed by atoms with Gasteiger partial charge in [0.25, 0.3) is 5.91 Å². The van der Waals surface area contributed by atoms with Gasteiger partial charge in [-0.05, 0) is 50.6 Å². The Bertz CT molecular complexity index is 976. The van der Waals surface area contributed by atoms with Crippen LogP contribution in [0.2, 0.25) is 0 Å². The normalized spacial score (nSPS) is 10.7.